The van der Waals surface area contributed by atoms with Crippen molar-refractivity contribution in [1.82, 2.24) is 9.88 Å². The van der Waals surface area contributed by atoms with Gasteiger partial charge < -0.3 is 24.4 Å². The molecule has 0 saturated carbocycles. The molecule has 194 valence electrons. The summed E-state index contributed by atoms with van der Waals surface area (Å²) in [6.45, 7) is 3.08. The Morgan fingerprint density at radius 2 is 1.76 bits per heavy atom. The van der Waals surface area contributed by atoms with Gasteiger partial charge in [-0.3, -0.25) is 4.79 Å². The fourth-order valence-corrected chi connectivity index (χ4v) is 5.08. The fraction of sp³-hybridized carbons (Fsp3) is 0.333. The number of nitrogens with zero attached hydrogens (tertiary/aromatic N) is 2. The first-order valence-corrected chi connectivity index (χ1v) is 12.8. The first-order valence-electron chi connectivity index (χ1n) is 12.0. The fourth-order valence-electron chi connectivity index (χ4n) is 3.95. The molecular weight excluding hydrogens is 494 g/mol. The minimum Gasteiger partial charge on any atom is -0.482 e. The summed E-state index contributed by atoms with van der Waals surface area (Å²) >= 11 is 1.39. The monoisotopic (exact) mass is 523 g/mol. The molecule has 0 radical (unpaired) electrons. The predicted octanol–water partition coefficient (Wildman–Crippen LogP) is 4.77. The van der Waals surface area contributed by atoms with Crippen LogP contribution in [-0.2, 0) is 20.9 Å². The predicted molar refractivity (Wildman–Crippen MR) is 139 cm³/mol. The van der Waals surface area contributed by atoms with E-state index in [4.69, 9.17) is 9.47 Å². The highest BCUT2D eigenvalue weighted by Crippen LogP contribution is 2.33. The zero-order valence-electron chi connectivity index (χ0n) is 20.8. The van der Waals surface area contributed by atoms with Crippen LogP contribution in [0.2, 0.25) is 0 Å². The van der Waals surface area contributed by atoms with Gasteiger partial charge in [-0.15, -0.1) is 11.3 Å². The minimum absolute atomic E-state index is 0.182. The van der Waals surface area contributed by atoms with Crippen molar-refractivity contribution in [2.75, 3.05) is 32.1 Å². The molecule has 0 spiro atoms. The molecule has 1 aliphatic heterocycles. The van der Waals surface area contributed by atoms with Gasteiger partial charge in [0.2, 0.25) is 0 Å². The molecule has 4 rings (SSSR count). The number of carbonyl (C=O) groups is 3. The highest BCUT2D eigenvalue weighted by molar-refractivity contribution is 7.14. The van der Waals surface area contributed by atoms with Gasteiger partial charge in [-0.2, -0.15) is 0 Å². The van der Waals surface area contributed by atoms with Crippen molar-refractivity contribution in [3.63, 3.8) is 0 Å². The molecule has 0 bridgehead atoms. The maximum absolute atomic E-state index is 12.9. The van der Waals surface area contributed by atoms with E-state index in [9.17, 15) is 14.4 Å². The van der Waals surface area contributed by atoms with Crippen LogP contribution in [0.15, 0.2) is 54.6 Å². The quantitative estimate of drug-likeness (QED) is 0.424. The largest absolute Gasteiger partial charge is 0.482 e. The number of piperidine rings is 1. The lowest BCUT2D eigenvalue weighted by atomic mass is 9.98. The molecule has 0 aliphatic carbocycles. The standard InChI is InChI=1S/C27H29N3O6S/c1-18-24(25(32)29-21-8-10-22(11-9-21)35-17-23(31)34-2)37-26(28-18)20-12-14-30(15-13-20)27(33)36-16-19-6-4-3-5-7-19/h3-11,20H,12-17H2,1-2H3,(H,29,32). The molecule has 2 amide bonds. The van der Waals surface area contributed by atoms with Gasteiger partial charge in [0.25, 0.3) is 5.91 Å². The van der Waals surface area contributed by atoms with E-state index in [2.05, 4.69) is 15.0 Å². The van der Waals surface area contributed by atoms with Gasteiger partial charge >= 0.3 is 12.1 Å². The van der Waals surface area contributed by atoms with Gasteiger partial charge in [-0.1, -0.05) is 30.3 Å². The number of thiazole rings is 1. The lowest BCUT2D eigenvalue weighted by Gasteiger charge is -2.30. The number of aromatic nitrogens is 1. The topological polar surface area (TPSA) is 107 Å². The number of aryl methyl sites for hydroxylation is 1. The smallest absolute Gasteiger partial charge is 0.410 e. The number of esters is 1. The molecule has 2 aromatic carbocycles. The average Bonchev–Trinajstić information content (AvgIpc) is 3.33. The summed E-state index contributed by atoms with van der Waals surface area (Å²) < 4.78 is 15.3. The Morgan fingerprint density at radius 3 is 2.43 bits per heavy atom. The van der Waals surface area contributed by atoms with E-state index in [0.717, 1.165) is 23.4 Å². The first kappa shape index (κ1) is 26.2. The Hall–Kier alpha value is -3.92. The summed E-state index contributed by atoms with van der Waals surface area (Å²) in [5.41, 5.74) is 2.24. The van der Waals surface area contributed by atoms with Crippen LogP contribution in [0.4, 0.5) is 10.5 Å². The summed E-state index contributed by atoms with van der Waals surface area (Å²) in [4.78, 5) is 43.5. The van der Waals surface area contributed by atoms with Crippen molar-refractivity contribution >= 4 is 35.0 Å². The van der Waals surface area contributed by atoms with Gasteiger partial charge in [0.05, 0.1) is 17.8 Å². The van der Waals surface area contributed by atoms with E-state index in [-0.39, 0.29) is 31.1 Å². The Balaban J connectivity index is 1.27. The number of rotatable bonds is 8. The van der Waals surface area contributed by atoms with Crippen LogP contribution in [0.5, 0.6) is 5.75 Å². The van der Waals surface area contributed by atoms with Crippen LogP contribution in [0.25, 0.3) is 0 Å². The Kier molecular flexibility index (Phi) is 8.73. The summed E-state index contributed by atoms with van der Waals surface area (Å²) in [7, 11) is 1.30. The molecule has 10 heteroatoms. The van der Waals surface area contributed by atoms with Crippen LogP contribution in [0.1, 0.15) is 44.7 Å². The molecule has 3 aromatic rings. The third-order valence-electron chi connectivity index (χ3n) is 6.02. The van der Waals surface area contributed by atoms with E-state index in [1.165, 1.54) is 18.4 Å². The number of amides is 2. The normalized spacial score (nSPS) is 13.6. The number of ether oxygens (including phenoxy) is 3. The number of hydrogen-bond acceptors (Lipinski definition) is 8. The lowest BCUT2D eigenvalue weighted by Crippen LogP contribution is -2.38. The van der Waals surface area contributed by atoms with E-state index in [1.807, 2.05) is 37.3 Å². The molecule has 1 aliphatic rings. The van der Waals surface area contributed by atoms with E-state index < -0.39 is 5.97 Å². The van der Waals surface area contributed by atoms with Crippen LogP contribution >= 0.6 is 11.3 Å². The van der Waals surface area contributed by atoms with Crippen molar-refractivity contribution in [2.24, 2.45) is 0 Å². The molecule has 1 fully saturated rings. The first-order chi connectivity index (χ1) is 17.9. The second-order valence-corrected chi connectivity index (χ2v) is 9.64. The Morgan fingerprint density at radius 1 is 1.05 bits per heavy atom. The van der Waals surface area contributed by atoms with E-state index in [0.29, 0.717) is 35.1 Å². The van der Waals surface area contributed by atoms with Crippen molar-refractivity contribution in [2.45, 2.75) is 32.3 Å². The summed E-state index contributed by atoms with van der Waals surface area (Å²) in [5, 5.41) is 3.79. The van der Waals surface area contributed by atoms with Crippen molar-refractivity contribution < 1.29 is 28.6 Å². The number of methoxy groups -OCH3 is 1. The van der Waals surface area contributed by atoms with E-state index in [1.54, 1.807) is 29.2 Å². The summed E-state index contributed by atoms with van der Waals surface area (Å²) in [6, 6.07) is 16.4. The third kappa shape index (κ3) is 7.07. The van der Waals surface area contributed by atoms with Gasteiger partial charge in [0.15, 0.2) is 6.61 Å². The van der Waals surface area contributed by atoms with Gasteiger partial charge in [0, 0.05) is 24.7 Å². The van der Waals surface area contributed by atoms with Crippen LogP contribution in [0, 0.1) is 6.92 Å². The molecule has 0 unspecified atom stereocenters. The number of likely N-dealkylation sites (tertiary alicyclic amines) is 1. The average molecular weight is 524 g/mol. The minimum atomic E-state index is -0.470. The van der Waals surface area contributed by atoms with Crippen molar-refractivity contribution in [1.29, 1.82) is 0 Å². The number of benzene rings is 2. The second kappa shape index (κ2) is 12.4. The van der Waals surface area contributed by atoms with Gasteiger partial charge in [0.1, 0.15) is 17.2 Å². The molecule has 1 aromatic heterocycles. The third-order valence-corrected chi connectivity index (χ3v) is 7.34. The van der Waals surface area contributed by atoms with Crippen molar-refractivity contribution in [3.8, 4) is 5.75 Å². The van der Waals surface area contributed by atoms with Crippen LogP contribution in [0.3, 0.4) is 0 Å². The van der Waals surface area contributed by atoms with Crippen molar-refractivity contribution in [3.05, 3.63) is 75.7 Å². The maximum atomic E-state index is 12.9. The number of hydrogen-bond donors (Lipinski definition) is 1. The molecule has 37 heavy (non-hydrogen) atoms. The molecule has 0 atom stereocenters. The van der Waals surface area contributed by atoms with E-state index >= 15 is 0 Å². The highest BCUT2D eigenvalue weighted by atomic mass is 32.1. The number of nitrogens with one attached hydrogen (secondary N) is 1. The number of anilines is 1. The summed E-state index contributed by atoms with van der Waals surface area (Å²) in [5.74, 6) is -0.0152. The zero-order valence-corrected chi connectivity index (χ0v) is 21.6. The molecular formula is C27H29N3O6S. The van der Waals surface area contributed by atoms with Crippen LogP contribution < -0.4 is 10.1 Å². The SMILES string of the molecule is COC(=O)COc1ccc(NC(=O)c2sc(C3CCN(C(=O)OCc4ccccc4)CC3)nc2C)cc1. The lowest BCUT2D eigenvalue weighted by molar-refractivity contribution is -0.142. The molecule has 1 saturated heterocycles. The summed E-state index contributed by atoms with van der Waals surface area (Å²) in [6.07, 6.45) is 1.22. The molecule has 1 N–H and O–H groups in total. The number of carbonyl (C=O) groups excluding carboxylic acids is 3. The van der Waals surface area contributed by atoms with Gasteiger partial charge in [-0.25, -0.2) is 14.6 Å². The Bertz CT molecular complexity index is 1220. The van der Waals surface area contributed by atoms with Gasteiger partial charge in [-0.05, 0) is 49.6 Å². The molecule has 9 nitrogen and oxygen atoms in total. The Labute approximate surface area is 219 Å². The molecule has 2 heterocycles. The van der Waals surface area contributed by atoms with Crippen LogP contribution in [-0.4, -0.2) is 54.7 Å². The highest BCUT2D eigenvalue weighted by Gasteiger charge is 2.28. The maximum Gasteiger partial charge on any atom is 0.410 e. The second-order valence-electron chi connectivity index (χ2n) is 8.61. The zero-order chi connectivity index (χ0) is 26.2.